The van der Waals surface area contributed by atoms with Crippen LogP contribution in [0.2, 0.25) is 0 Å². The molecule has 0 saturated carbocycles. The number of rotatable bonds is 2. The Balaban J connectivity index is 1.29. The summed E-state index contributed by atoms with van der Waals surface area (Å²) >= 11 is 0. The van der Waals surface area contributed by atoms with Crippen molar-refractivity contribution in [3.05, 3.63) is 147 Å². The molecule has 0 unspecified atom stereocenters. The second-order valence-corrected chi connectivity index (χ2v) is 23.7. The van der Waals surface area contributed by atoms with Crippen LogP contribution in [0.4, 0.5) is 34.1 Å². The van der Waals surface area contributed by atoms with Crippen LogP contribution in [0.15, 0.2) is 101 Å². The third-order valence-electron chi connectivity index (χ3n) is 16.1. The first-order valence-electron chi connectivity index (χ1n) is 23.8. The van der Waals surface area contributed by atoms with E-state index in [0.29, 0.717) is 0 Å². The van der Waals surface area contributed by atoms with E-state index in [1.165, 1.54) is 107 Å². The molecule has 3 aliphatic carbocycles. The Morgan fingerprint density at radius 1 is 0.619 bits per heavy atom. The number of fused-ring (bicyclic) bond motifs is 11. The third kappa shape index (κ3) is 5.91. The van der Waals surface area contributed by atoms with E-state index < -0.39 is 0 Å². The lowest BCUT2D eigenvalue weighted by Gasteiger charge is -2.43. The van der Waals surface area contributed by atoms with Crippen molar-refractivity contribution >= 4 is 58.0 Å². The number of furan rings is 1. The molecule has 2 bridgehead atoms. The molecule has 0 saturated heterocycles. The maximum absolute atomic E-state index is 7.53. The maximum Gasteiger partial charge on any atom is 0.265 e. The van der Waals surface area contributed by atoms with Crippen molar-refractivity contribution in [1.82, 2.24) is 0 Å². The van der Waals surface area contributed by atoms with E-state index in [-0.39, 0.29) is 33.8 Å². The summed E-state index contributed by atoms with van der Waals surface area (Å²) in [5.41, 5.74) is 25.2. The van der Waals surface area contributed by atoms with Crippen LogP contribution in [0.3, 0.4) is 0 Å². The summed E-state index contributed by atoms with van der Waals surface area (Å²) in [6.45, 7) is 31.1. The fourth-order valence-corrected chi connectivity index (χ4v) is 12.2. The highest BCUT2D eigenvalue weighted by molar-refractivity contribution is 6.86. The number of anilines is 6. The van der Waals surface area contributed by atoms with E-state index in [9.17, 15) is 0 Å². The predicted molar refractivity (Wildman–Crippen MR) is 269 cm³/mol. The monoisotopic (exact) mass is 829 g/mol. The van der Waals surface area contributed by atoms with Crippen molar-refractivity contribution in [3.63, 3.8) is 0 Å². The second kappa shape index (κ2) is 13.2. The van der Waals surface area contributed by atoms with Crippen LogP contribution >= 0.6 is 0 Å². The first-order valence-corrected chi connectivity index (χ1v) is 23.8. The predicted octanol–water partition coefficient (Wildman–Crippen LogP) is 14.9. The van der Waals surface area contributed by atoms with Crippen LogP contribution in [-0.4, -0.2) is 6.71 Å². The van der Waals surface area contributed by atoms with Gasteiger partial charge in [-0.05, 0) is 147 Å². The summed E-state index contributed by atoms with van der Waals surface area (Å²) in [6, 6.07) is 36.0. The number of aryl methyl sites for hydroxylation is 2. The Kier molecular flexibility index (Phi) is 8.48. The van der Waals surface area contributed by atoms with E-state index in [1.54, 1.807) is 0 Å². The molecule has 5 aromatic carbocycles. The van der Waals surface area contributed by atoms with Crippen LogP contribution in [0.1, 0.15) is 153 Å². The van der Waals surface area contributed by atoms with Gasteiger partial charge in [0.25, 0.3) is 6.71 Å². The Morgan fingerprint density at radius 2 is 1.27 bits per heavy atom. The zero-order chi connectivity index (χ0) is 44.3. The van der Waals surface area contributed by atoms with Crippen LogP contribution in [-0.2, 0) is 34.4 Å². The summed E-state index contributed by atoms with van der Waals surface area (Å²) < 4.78 is 7.53. The fourth-order valence-electron chi connectivity index (χ4n) is 12.2. The van der Waals surface area contributed by atoms with Gasteiger partial charge in [-0.1, -0.05) is 143 Å². The van der Waals surface area contributed by atoms with E-state index in [2.05, 4.69) is 197 Å². The first kappa shape index (κ1) is 40.6. The van der Waals surface area contributed by atoms with E-state index in [0.717, 1.165) is 37.0 Å². The molecule has 0 spiro atoms. The average Bonchev–Trinajstić information content (AvgIpc) is 3.59. The number of nitrogens with zero attached hydrogens (tertiary/aromatic N) is 2. The Hall–Kier alpha value is -5.22. The highest BCUT2D eigenvalue weighted by Crippen LogP contribution is 2.58. The summed E-state index contributed by atoms with van der Waals surface area (Å²) in [7, 11) is 0. The molecule has 63 heavy (non-hydrogen) atoms. The SMILES string of the molecule is Cc1cc2c3c(c1)N(c1ccc(C(C)(C)C)cc1)c1c(oc4c1C=C(C(C)(C)C)CC4)B(C3)c1cc3c(cc1N2c1cccc2c1-c1ccccc1C2(C)C)C(C)(C)CCC3(C)C. The Bertz CT molecular complexity index is 2940. The van der Waals surface area contributed by atoms with Crippen molar-refractivity contribution in [2.24, 2.45) is 5.41 Å². The van der Waals surface area contributed by atoms with Crippen LogP contribution < -0.4 is 20.9 Å². The molecule has 320 valence electrons. The number of hydrogen-bond acceptors (Lipinski definition) is 3. The standard InChI is InChI=1S/C59H65BN2O/c1-35-29-48-41-34-60(54-53(40-31-37(56(5,6)7)23-26-51(40)63-54)61(48)38-24-21-36(22-25-38)55(2,3)4)46-32-44-45(58(10,11)28-27-57(44,8)9)33-50(46)62(49(41)30-35)47-20-16-19-43-52(47)39-17-14-15-18-42(39)59(43,12)13/h14-22,24-25,29-33H,23,26-28,34H2,1-13H3. The first-order chi connectivity index (χ1) is 29.6. The van der Waals surface area contributed by atoms with Crippen LogP contribution in [0, 0.1) is 12.3 Å². The molecular weight excluding hydrogens is 763 g/mol. The van der Waals surface area contributed by atoms with E-state index in [1.807, 2.05) is 0 Å². The quantitative estimate of drug-likeness (QED) is 0.162. The molecule has 0 fully saturated rings. The summed E-state index contributed by atoms with van der Waals surface area (Å²) in [6.07, 6.45) is 7.63. The molecule has 6 aromatic rings. The molecule has 3 heterocycles. The van der Waals surface area contributed by atoms with Gasteiger partial charge in [0.05, 0.1) is 28.4 Å². The van der Waals surface area contributed by atoms with Gasteiger partial charge < -0.3 is 14.2 Å². The van der Waals surface area contributed by atoms with Gasteiger partial charge in [-0.25, -0.2) is 0 Å². The van der Waals surface area contributed by atoms with Gasteiger partial charge in [0.15, 0.2) is 0 Å². The Morgan fingerprint density at radius 3 is 1.95 bits per heavy atom. The lowest BCUT2D eigenvalue weighted by molar-refractivity contribution is 0.332. The van der Waals surface area contributed by atoms with Gasteiger partial charge >= 0.3 is 0 Å². The molecular formula is C59H65BN2O. The lowest BCUT2D eigenvalue weighted by atomic mass is 9.39. The van der Waals surface area contributed by atoms with Crippen molar-refractivity contribution in [2.45, 2.75) is 144 Å². The average molecular weight is 829 g/mol. The zero-order valence-electron chi connectivity index (χ0n) is 40.2. The molecule has 2 aliphatic heterocycles. The maximum atomic E-state index is 7.53. The molecule has 0 N–H and O–H groups in total. The van der Waals surface area contributed by atoms with E-state index in [4.69, 9.17) is 4.42 Å². The molecule has 1 aromatic heterocycles. The minimum atomic E-state index is -0.120. The molecule has 5 aliphatic rings. The van der Waals surface area contributed by atoms with Crippen LogP contribution in [0.5, 0.6) is 0 Å². The summed E-state index contributed by atoms with van der Waals surface area (Å²) in [5.74, 6) is 1.13. The molecule has 11 rings (SSSR count). The van der Waals surface area contributed by atoms with Gasteiger partial charge in [-0.15, -0.1) is 0 Å². The van der Waals surface area contributed by atoms with Gasteiger partial charge in [0.2, 0.25) is 0 Å². The lowest BCUT2D eigenvalue weighted by Crippen LogP contribution is -2.46. The zero-order valence-corrected chi connectivity index (χ0v) is 40.2. The van der Waals surface area contributed by atoms with Crippen LogP contribution in [0.25, 0.3) is 17.2 Å². The van der Waals surface area contributed by atoms with Gasteiger partial charge in [0.1, 0.15) is 5.76 Å². The van der Waals surface area contributed by atoms with Crippen molar-refractivity contribution < 1.29 is 4.42 Å². The van der Waals surface area contributed by atoms with Crippen molar-refractivity contribution in [3.8, 4) is 11.1 Å². The molecule has 3 nitrogen and oxygen atoms in total. The number of allylic oxidation sites excluding steroid dienone is 1. The molecule has 0 atom stereocenters. The highest BCUT2D eigenvalue weighted by Gasteiger charge is 2.47. The van der Waals surface area contributed by atoms with Gasteiger partial charge in [0, 0.05) is 34.3 Å². The summed E-state index contributed by atoms with van der Waals surface area (Å²) in [5, 5.41) is 0. The smallest absolute Gasteiger partial charge is 0.265 e. The highest BCUT2D eigenvalue weighted by atomic mass is 16.3. The van der Waals surface area contributed by atoms with Gasteiger partial charge in [-0.2, -0.15) is 0 Å². The molecule has 4 heteroatoms. The van der Waals surface area contributed by atoms with Crippen molar-refractivity contribution in [2.75, 3.05) is 9.80 Å². The molecule has 0 radical (unpaired) electrons. The normalized spacial score (nSPS) is 18.6. The van der Waals surface area contributed by atoms with E-state index >= 15 is 0 Å². The fraction of sp³-hybridized carbons (Fsp3) is 0.390. The minimum Gasteiger partial charge on any atom is -0.473 e. The number of benzene rings is 5. The van der Waals surface area contributed by atoms with Gasteiger partial charge in [-0.3, -0.25) is 0 Å². The summed E-state index contributed by atoms with van der Waals surface area (Å²) in [4.78, 5) is 5.32. The second-order valence-electron chi connectivity index (χ2n) is 23.7. The molecule has 0 amide bonds. The van der Waals surface area contributed by atoms with Crippen molar-refractivity contribution in [1.29, 1.82) is 0 Å². The minimum absolute atomic E-state index is 0.00256. The number of hydrogen-bond donors (Lipinski definition) is 0. The topological polar surface area (TPSA) is 19.6 Å². The third-order valence-corrected chi connectivity index (χ3v) is 16.1. The largest absolute Gasteiger partial charge is 0.473 e. The Labute approximate surface area is 377 Å².